The zero-order valence-corrected chi connectivity index (χ0v) is 12.3. The van der Waals surface area contributed by atoms with Gasteiger partial charge in [0, 0.05) is 24.8 Å². The van der Waals surface area contributed by atoms with Crippen molar-refractivity contribution < 1.29 is 9.90 Å². The quantitative estimate of drug-likeness (QED) is 0.901. The second kappa shape index (κ2) is 5.26. The minimum Gasteiger partial charge on any atom is -0.378 e. The number of anilines is 2. The summed E-state index contributed by atoms with van der Waals surface area (Å²) in [7, 11) is 2.03. The van der Waals surface area contributed by atoms with Gasteiger partial charge in [-0.25, -0.2) is 0 Å². The number of halogens is 1. The van der Waals surface area contributed by atoms with Crippen LogP contribution in [0.25, 0.3) is 0 Å². The van der Waals surface area contributed by atoms with E-state index >= 15 is 0 Å². The van der Waals surface area contributed by atoms with Crippen LogP contribution < -0.4 is 10.2 Å². The Morgan fingerprint density at radius 3 is 2.80 bits per heavy atom. The van der Waals surface area contributed by atoms with Crippen molar-refractivity contribution >= 4 is 28.9 Å². The Morgan fingerprint density at radius 1 is 1.40 bits per heavy atom. The van der Waals surface area contributed by atoms with Crippen molar-refractivity contribution in [1.82, 2.24) is 0 Å². The van der Waals surface area contributed by atoms with E-state index < -0.39 is 6.10 Å². The van der Waals surface area contributed by atoms with E-state index in [0.717, 1.165) is 18.2 Å². The standard InChI is InChI=1S/C15H19ClN2O2/c1-18(8-9-4-2-3-5-9)13-7-12-10(6-11(13)16)14(19)15(20)17-12/h6-7,9,14,19H,2-5,8H2,1H3,(H,17,20). The summed E-state index contributed by atoms with van der Waals surface area (Å²) in [6, 6.07) is 3.56. The maximum atomic E-state index is 11.5. The topological polar surface area (TPSA) is 52.6 Å². The Kier molecular flexibility index (Phi) is 3.61. The predicted molar refractivity (Wildman–Crippen MR) is 80.3 cm³/mol. The fourth-order valence-electron chi connectivity index (χ4n) is 3.23. The Morgan fingerprint density at radius 2 is 2.10 bits per heavy atom. The number of amides is 1. The zero-order valence-electron chi connectivity index (χ0n) is 11.5. The molecule has 3 rings (SSSR count). The van der Waals surface area contributed by atoms with Gasteiger partial charge in [0.05, 0.1) is 10.7 Å². The molecule has 2 N–H and O–H groups in total. The van der Waals surface area contributed by atoms with Gasteiger partial charge in [-0.15, -0.1) is 0 Å². The molecule has 0 bridgehead atoms. The summed E-state index contributed by atoms with van der Waals surface area (Å²) in [6.07, 6.45) is 4.10. The minimum atomic E-state index is -1.10. The summed E-state index contributed by atoms with van der Waals surface area (Å²) in [6.45, 7) is 0.981. The number of hydrogen-bond donors (Lipinski definition) is 2. The molecule has 0 spiro atoms. The third-order valence-corrected chi connectivity index (χ3v) is 4.64. The summed E-state index contributed by atoms with van der Waals surface area (Å²) in [5.41, 5.74) is 2.14. The fraction of sp³-hybridized carbons (Fsp3) is 0.533. The first-order valence-corrected chi connectivity index (χ1v) is 7.47. The average molecular weight is 295 g/mol. The Bertz CT molecular complexity index is 541. The van der Waals surface area contributed by atoms with Gasteiger partial charge in [-0.2, -0.15) is 0 Å². The first-order valence-electron chi connectivity index (χ1n) is 7.10. The van der Waals surface area contributed by atoms with Crippen LogP contribution >= 0.6 is 11.6 Å². The van der Waals surface area contributed by atoms with E-state index in [1.807, 2.05) is 13.1 Å². The molecule has 2 aliphatic rings. The molecule has 4 nitrogen and oxygen atoms in total. The van der Waals surface area contributed by atoms with Crippen LogP contribution in [0.3, 0.4) is 0 Å². The highest BCUT2D eigenvalue weighted by atomic mass is 35.5. The second-order valence-corrected chi connectivity index (χ2v) is 6.22. The molecule has 1 unspecified atom stereocenters. The highest BCUT2D eigenvalue weighted by Crippen LogP contribution is 2.39. The minimum absolute atomic E-state index is 0.383. The first kappa shape index (κ1) is 13.7. The van der Waals surface area contributed by atoms with E-state index in [4.69, 9.17) is 11.6 Å². The maximum Gasteiger partial charge on any atom is 0.257 e. The SMILES string of the molecule is CN(CC1CCCC1)c1cc2c(cc1Cl)C(O)C(=O)N2. The average Bonchev–Trinajstić information content (AvgIpc) is 3.00. The van der Waals surface area contributed by atoms with Crippen LogP contribution in [0.5, 0.6) is 0 Å². The van der Waals surface area contributed by atoms with E-state index in [1.165, 1.54) is 25.7 Å². The molecule has 1 heterocycles. The Hall–Kier alpha value is -1.26. The van der Waals surface area contributed by atoms with Gasteiger partial charge in [-0.3, -0.25) is 4.79 Å². The summed E-state index contributed by atoms with van der Waals surface area (Å²) < 4.78 is 0. The van der Waals surface area contributed by atoms with Crippen molar-refractivity contribution in [2.24, 2.45) is 5.92 Å². The normalized spacial score (nSPS) is 21.9. The van der Waals surface area contributed by atoms with Crippen LogP contribution in [-0.4, -0.2) is 24.6 Å². The summed E-state index contributed by atoms with van der Waals surface area (Å²) in [4.78, 5) is 13.6. The van der Waals surface area contributed by atoms with Crippen molar-refractivity contribution in [2.45, 2.75) is 31.8 Å². The highest BCUT2D eigenvalue weighted by Gasteiger charge is 2.30. The van der Waals surface area contributed by atoms with Crippen LogP contribution in [-0.2, 0) is 4.79 Å². The molecule has 20 heavy (non-hydrogen) atoms. The van der Waals surface area contributed by atoms with E-state index in [1.54, 1.807) is 6.07 Å². The molecule has 108 valence electrons. The number of benzene rings is 1. The Labute approximate surface area is 123 Å². The van der Waals surface area contributed by atoms with Crippen molar-refractivity contribution in [2.75, 3.05) is 23.8 Å². The molecule has 0 aromatic heterocycles. The van der Waals surface area contributed by atoms with Crippen molar-refractivity contribution in [3.63, 3.8) is 0 Å². The lowest BCUT2D eigenvalue weighted by atomic mass is 10.1. The highest BCUT2D eigenvalue weighted by molar-refractivity contribution is 6.33. The molecule has 1 fully saturated rings. The van der Waals surface area contributed by atoms with Gasteiger partial charge in [-0.05, 0) is 30.9 Å². The smallest absolute Gasteiger partial charge is 0.257 e. The molecular formula is C15H19ClN2O2. The van der Waals surface area contributed by atoms with Crippen LogP contribution in [0.2, 0.25) is 5.02 Å². The molecule has 1 aliphatic heterocycles. The number of fused-ring (bicyclic) bond motifs is 1. The number of hydrogen-bond acceptors (Lipinski definition) is 3. The largest absolute Gasteiger partial charge is 0.378 e. The molecule has 1 aliphatic carbocycles. The third-order valence-electron chi connectivity index (χ3n) is 4.34. The number of aliphatic hydroxyl groups is 1. The van der Waals surface area contributed by atoms with E-state index in [9.17, 15) is 9.90 Å². The molecule has 0 saturated heterocycles. The molecule has 1 saturated carbocycles. The molecule has 1 aromatic carbocycles. The molecular weight excluding hydrogens is 276 g/mol. The molecule has 1 amide bonds. The number of rotatable bonds is 3. The lowest BCUT2D eigenvalue weighted by molar-refractivity contribution is -0.123. The molecule has 1 aromatic rings. The predicted octanol–water partition coefficient (Wildman–Crippen LogP) is 2.95. The Balaban J connectivity index is 1.83. The number of carbonyl (C=O) groups is 1. The van der Waals surface area contributed by atoms with Crippen LogP contribution in [0.15, 0.2) is 12.1 Å². The van der Waals surface area contributed by atoms with Gasteiger partial charge in [-0.1, -0.05) is 24.4 Å². The van der Waals surface area contributed by atoms with Gasteiger partial charge in [0.1, 0.15) is 0 Å². The fourth-order valence-corrected chi connectivity index (χ4v) is 3.54. The third kappa shape index (κ3) is 2.38. The van der Waals surface area contributed by atoms with E-state index in [2.05, 4.69) is 10.2 Å². The van der Waals surface area contributed by atoms with Crippen molar-refractivity contribution in [1.29, 1.82) is 0 Å². The molecule has 1 atom stereocenters. The van der Waals surface area contributed by atoms with Crippen molar-refractivity contribution in [3.05, 3.63) is 22.7 Å². The first-order chi connectivity index (χ1) is 9.56. The maximum absolute atomic E-state index is 11.5. The number of carbonyl (C=O) groups excluding carboxylic acids is 1. The number of aliphatic hydroxyl groups excluding tert-OH is 1. The monoisotopic (exact) mass is 294 g/mol. The van der Waals surface area contributed by atoms with E-state index in [-0.39, 0.29) is 5.91 Å². The molecule has 5 heteroatoms. The zero-order chi connectivity index (χ0) is 14.3. The van der Waals surface area contributed by atoms with Gasteiger partial charge in [0.25, 0.3) is 5.91 Å². The van der Waals surface area contributed by atoms with Crippen LogP contribution in [0.4, 0.5) is 11.4 Å². The molecule has 0 radical (unpaired) electrons. The summed E-state index contributed by atoms with van der Waals surface area (Å²) in [5.74, 6) is 0.344. The van der Waals surface area contributed by atoms with Crippen LogP contribution in [0.1, 0.15) is 37.4 Å². The van der Waals surface area contributed by atoms with Gasteiger partial charge in [0.15, 0.2) is 6.10 Å². The number of nitrogens with one attached hydrogen (secondary N) is 1. The summed E-state index contributed by atoms with van der Waals surface area (Å²) >= 11 is 6.31. The number of nitrogens with zero attached hydrogens (tertiary/aromatic N) is 1. The lowest BCUT2D eigenvalue weighted by Crippen LogP contribution is -2.24. The van der Waals surface area contributed by atoms with Crippen molar-refractivity contribution in [3.8, 4) is 0 Å². The summed E-state index contributed by atoms with van der Waals surface area (Å²) in [5, 5.41) is 13.0. The van der Waals surface area contributed by atoms with Gasteiger partial charge < -0.3 is 15.3 Å². The van der Waals surface area contributed by atoms with Gasteiger partial charge in [0.2, 0.25) is 0 Å². The van der Waals surface area contributed by atoms with E-state index in [0.29, 0.717) is 16.3 Å². The van der Waals surface area contributed by atoms with Gasteiger partial charge >= 0.3 is 0 Å². The second-order valence-electron chi connectivity index (χ2n) is 5.81. The van der Waals surface area contributed by atoms with Crippen LogP contribution in [0, 0.1) is 5.92 Å². The lowest BCUT2D eigenvalue weighted by Gasteiger charge is -2.24.